The van der Waals surface area contributed by atoms with Gasteiger partial charge in [-0.2, -0.15) is 0 Å². The number of carbonyl (C=O) groups is 1. The highest BCUT2D eigenvalue weighted by molar-refractivity contribution is 5.80. The first-order valence-corrected chi connectivity index (χ1v) is 7.46. The molecule has 0 aliphatic rings. The van der Waals surface area contributed by atoms with Crippen molar-refractivity contribution in [2.75, 3.05) is 6.54 Å². The number of aryl methyl sites for hydroxylation is 2. The molecule has 0 aliphatic carbocycles. The van der Waals surface area contributed by atoms with E-state index in [2.05, 4.69) is 10.3 Å². The molecule has 1 heterocycles. The van der Waals surface area contributed by atoms with Gasteiger partial charge in [-0.25, -0.2) is 4.98 Å². The summed E-state index contributed by atoms with van der Waals surface area (Å²) in [5.41, 5.74) is 7.19. The summed E-state index contributed by atoms with van der Waals surface area (Å²) in [4.78, 5) is 28.4. The molecular weight excluding hydrogens is 280 g/mol. The van der Waals surface area contributed by atoms with E-state index in [1.807, 2.05) is 26.0 Å². The molecule has 2 rings (SSSR count). The lowest BCUT2D eigenvalue weighted by atomic mass is 10.1. The predicted octanol–water partition coefficient (Wildman–Crippen LogP) is 0.949. The van der Waals surface area contributed by atoms with Crippen LogP contribution < -0.4 is 16.6 Å². The van der Waals surface area contributed by atoms with E-state index in [1.165, 1.54) is 10.9 Å². The monoisotopic (exact) mass is 302 g/mol. The Balaban J connectivity index is 2.02. The molecular formula is C16H22N4O2. The molecule has 0 saturated carbocycles. The van der Waals surface area contributed by atoms with Crippen molar-refractivity contribution in [3.05, 3.63) is 40.4 Å². The third-order valence-electron chi connectivity index (χ3n) is 3.56. The fourth-order valence-corrected chi connectivity index (χ4v) is 2.25. The van der Waals surface area contributed by atoms with E-state index in [0.717, 1.165) is 12.0 Å². The Labute approximate surface area is 129 Å². The maximum absolute atomic E-state index is 12.4. The zero-order valence-corrected chi connectivity index (χ0v) is 13.0. The third-order valence-corrected chi connectivity index (χ3v) is 3.56. The zero-order chi connectivity index (χ0) is 16.1. The topological polar surface area (TPSA) is 90.0 Å². The van der Waals surface area contributed by atoms with E-state index in [0.29, 0.717) is 24.0 Å². The second-order valence-electron chi connectivity index (χ2n) is 5.58. The molecule has 1 aromatic heterocycles. The van der Waals surface area contributed by atoms with Crippen LogP contribution in [0.2, 0.25) is 0 Å². The Bertz CT molecular complexity index is 722. The van der Waals surface area contributed by atoms with Crippen LogP contribution in [0.15, 0.2) is 29.3 Å². The fourth-order valence-electron chi connectivity index (χ4n) is 2.25. The maximum atomic E-state index is 12.4. The molecule has 1 unspecified atom stereocenters. The predicted molar refractivity (Wildman–Crippen MR) is 86.6 cm³/mol. The summed E-state index contributed by atoms with van der Waals surface area (Å²) >= 11 is 0. The van der Waals surface area contributed by atoms with Gasteiger partial charge in [0.05, 0.1) is 17.2 Å². The van der Waals surface area contributed by atoms with E-state index in [-0.39, 0.29) is 23.9 Å². The Morgan fingerprint density at radius 3 is 2.95 bits per heavy atom. The first-order valence-electron chi connectivity index (χ1n) is 7.46. The Morgan fingerprint density at radius 1 is 1.45 bits per heavy atom. The van der Waals surface area contributed by atoms with E-state index >= 15 is 0 Å². The summed E-state index contributed by atoms with van der Waals surface area (Å²) in [7, 11) is 0. The molecule has 6 nitrogen and oxygen atoms in total. The van der Waals surface area contributed by atoms with Crippen LogP contribution in [0.3, 0.4) is 0 Å². The summed E-state index contributed by atoms with van der Waals surface area (Å²) in [5, 5.41) is 3.38. The molecule has 0 radical (unpaired) electrons. The van der Waals surface area contributed by atoms with Crippen molar-refractivity contribution in [3.63, 3.8) is 0 Å². The van der Waals surface area contributed by atoms with Gasteiger partial charge in [0.15, 0.2) is 0 Å². The molecule has 1 amide bonds. The first-order chi connectivity index (χ1) is 10.5. The van der Waals surface area contributed by atoms with Gasteiger partial charge in [-0.3, -0.25) is 14.2 Å². The van der Waals surface area contributed by atoms with Crippen molar-refractivity contribution >= 4 is 16.8 Å². The number of nitrogens with zero attached hydrogens (tertiary/aromatic N) is 2. The standard InChI is InChI=1S/C16H22N4O2/c1-11-4-3-5-13-15(11)19-10-20(16(13)22)9-7-14(21)18-8-6-12(2)17/h3-5,10,12H,6-9,17H2,1-2H3,(H,18,21). The molecule has 3 N–H and O–H groups in total. The number of nitrogens with two attached hydrogens (primary N) is 1. The maximum Gasteiger partial charge on any atom is 0.261 e. The number of aromatic nitrogens is 2. The van der Waals surface area contributed by atoms with Crippen molar-refractivity contribution < 1.29 is 4.79 Å². The molecule has 118 valence electrons. The minimum absolute atomic E-state index is 0.0656. The Kier molecular flexibility index (Phi) is 5.27. The lowest BCUT2D eigenvalue weighted by Crippen LogP contribution is -2.30. The smallest absolute Gasteiger partial charge is 0.261 e. The summed E-state index contributed by atoms with van der Waals surface area (Å²) in [6.07, 6.45) is 2.49. The van der Waals surface area contributed by atoms with Crippen molar-refractivity contribution in [2.24, 2.45) is 5.73 Å². The molecule has 0 spiro atoms. The van der Waals surface area contributed by atoms with Gasteiger partial charge in [0.2, 0.25) is 5.91 Å². The van der Waals surface area contributed by atoms with Gasteiger partial charge in [-0.05, 0) is 31.9 Å². The highest BCUT2D eigenvalue weighted by Gasteiger charge is 2.07. The fraction of sp³-hybridized carbons (Fsp3) is 0.438. The number of hydrogen-bond acceptors (Lipinski definition) is 4. The molecule has 0 fully saturated rings. The summed E-state index contributed by atoms with van der Waals surface area (Å²) in [5.74, 6) is -0.0862. The van der Waals surface area contributed by atoms with E-state index in [4.69, 9.17) is 5.73 Å². The molecule has 22 heavy (non-hydrogen) atoms. The van der Waals surface area contributed by atoms with Crippen molar-refractivity contribution in [3.8, 4) is 0 Å². The van der Waals surface area contributed by atoms with Crippen molar-refractivity contribution in [2.45, 2.75) is 39.3 Å². The van der Waals surface area contributed by atoms with Crippen LogP contribution in [0.25, 0.3) is 10.9 Å². The van der Waals surface area contributed by atoms with Gasteiger partial charge >= 0.3 is 0 Å². The third kappa shape index (κ3) is 3.92. The molecule has 1 atom stereocenters. The van der Waals surface area contributed by atoms with Crippen LogP contribution in [0.5, 0.6) is 0 Å². The normalized spacial score (nSPS) is 12.3. The molecule has 0 aliphatic heterocycles. The molecule has 2 aromatic rings. The highest BCUT2D eigenvalue weighted by Crippen LogP contribution is 2.11. The number of carbonyl (C=O) groups excluding carboxylic acids is 1. The van der Waals surface area contributed by atoms with Gasteiger partial charge in [-0.1, -0.05) is 12.1 Å². The number of fused-ring (bicyclic) bond motifs is 1. The average Bonchev–Trinajstić information content (AvgIpc) is 2.47. The van der Waals surface area contributed by atoms with Crippen LogP contribution in [-0.2, 0) is 11.3 Å². The number of nitrogens with one attached hydrogen (secondary N) is 1. The Morgan fingerprint density at radius 2 is 2.23 bits per heavy atom. The van der Waals surface area contributed by atoms with E-state index in [9.17, 15) is 9.59 Å². The van der Waals surface area contributed by atoms with Crippen LogP contribution in [0, 0.1) is 6.92 Å². The average molecular weight is 302 g/mol. The molecule has 6 heteroatoms. The number of benzene rings is 1. The molecule has 0 bridgehead atoms. The lowest BCUT2D eigenvalue weighted by Gasteiger charge is -2.09. The van der Waals surface area contributed by atoms with Crippen LogP contribution >= 0.6 is 0 Å². The summed E-state index contributed by atoms with van der Waals surface area (Å²) < 4.78 is 1.48. The van der Waals surface area contributed by atoms with Gasteiger partial charge in [0.1, 0.15) is 0 Å². The molecule has 0 saturated heterocycles. The van der Waals surface area contributed by atoms with Crippen LogP contribution in [-0.4, -0.2) is 28.0 Å². The quantitative estimate of drug-likeness (QED) is 0.831. The van der Waals surface area contributed by atoms with Crippen molar-refractivity contribution in [1.29, 1.82) is 0 Å². The lowest BCUT2D eigenvalue weighted by molar-refractivity contribution is -0.121. The number of para-hydroxylation sites is 1. The molecule has 1 aromatic carbocycles. The largest absolute Gasteiger partial charge is 0.356 e. The first kappa shape index (κ1) is 16.2. The number of rotatable bonds is 6. The van der Waals surface area contributed by atoms with Gasteiger partial charge in [0, 0.05) is 25.6 Å². The summed E-state index contributed by atoms with van der Waals surface area (Å²) in [6, 6.07) is 5.59. The van der Waals surface area contributed by atoms with E-state index in [1.54, 1.807) is 6.07 Å². The SMILES string of the molecule is Cc1cccc2c(=O)n(CCC(=O)NCCC(C)N)cnc12. The highest BCUT2D eigenvalue weighted by atomic mass is 16.1. The van der Waals surface area contributed by atoms with Gasteiger partial charge in [-0.15, -0.1) is 0 Å². The number of amides is 1. The number of hydrogen-bond donors (Lipinski definition) is 2. The van der Waals surface area contributed by atoms with E-state index < -0.39 is 0 Å². The second kappa shape index (κ2) is 7.17. The minimum Gasteiger partial charge on any atom is -0.356 e. The summed E-state index contributed by atoms with van der Waals surface area (Å²) in [6.45, 7) is 4.69. The second-order valence-corrected chi connectivity index (χ2v) is 5.58. The minimum atomic E-state index is -0.114. The van der Waals surface area contributed by atoms with Crippen molar-refractivity contribution in [1.82, 2.24) is 14.9 Å². The Hall–Kier alpha value is -2.21. The van der Waals surface area contributed by atoms with Crippen LogP contribution in [0.1, 0.15) is 25.3 Å². The van der Waals surface area contributed by atoms with Gasteiger partial charge in [0.25, 0.3) is 5.56 Å². The van der Waals surface area contributed by atoms with Gasteiger partial charge < -0.3 is 11.1 Å². The van der Waals surface area contributed by atoms with Crippen LogP contribution in [0.4, 0.5) is 0 Å². The zero-order valence-electron chi connectivity index (χ0n) is 13.0.